The number of carbonyl (C=O) groups excluding carboxylic acids is 3. The van der Waals surface area contributed by atoms with E-state index in [9.17, 15) is 41.5 Å². The van der Waals surface area contributed by atoms with Crippen molar-refractivity contribution in [2.45, 2.75) is 93.8 Å². The number of thioether (sulfide) groups is 1. The topological polar surface area (TPSA) is 162 Å². The van der Waals surface area contributed by atoms with Crippen LogP contribution in [0, 0.1) is 11.3 Å². The summed E-state index contributed by atoms with van der Waals surface area (Å²) in [6.45, 7) is 7.12. The maximum Gasteiger partial charge on any atom is 0.405 e. The molecule has 2 aromatic rings. The number of sulfonamides is 1. The molecule has 15 heteroatoms. The first kappa shape index (κ1) is 39.2. The molecule has 0 radical (unpaired) electrons. The minimum absolute atomic E-state index is 0.00849. The van der Waals surface area contributed by atoms with Crippen LogP contribution in [0.2, 0.25) is 0 Å². The summed E-state index contributed by atoms with van der Waals surface area (Å²) in [5.41, 5.74) is -0.122. The Labute approximate surface area is 307 Å². The summed E-state index contributed by atoms with van der Waals surface area (Å²) < 4.78 is 53.5. The molecule has 1 aliphatic heterocycles. The SMILES string of the molecule is CCCCS[C@@]1(c2ccc(-c3ccccc3)cc2)C[C@@H](C(=O)N[C@]2(C(=O)NS(=O)(=O)C3CC3)C[C@H]2C=C(F)F)N(C(=O)[C@@H](NC(=O)O)C(C)(C)C)C1. The number of halogens is 2. The van der Waals surface area contributed by atoms with Crippen LogP contribution in [0.5, 0.6) is 0 Å². The molecule has 11 nitrogen and oxygen atoms in total. The lowest BCUT2D eigenvalue weighted by atomic mass is 9.85. The van der Waals surface area contributed by atoms with Gasteiger partial charge in [-0.25, -0.2) is 13.2 Å². The van der Waals surface area contributed by atoms with Crippen molar-refractivity contribution in [2.24, 2.45) is 11.3 Å². The van der Waals surface area contributed by atoms with E-state index < -0.39 is 78.9 Å². The molecule has 2 saturated carbocycles. The Morgan fingerprint density at radius 3 is 2.21 bits per heavy atom. The maximum atomic E-state index is 14.5. The van der Waals surface area contributed by atoms with Crippen LogP contribution in [-0.4, -0.2) is 77.4 Å². The van der Waals surface area contributed by atoms with E-state index in [1.165, 1.54) is 4.90 Å². The molecule has 3 fully saturated rings. The summed E-state index contributed by atoms with van der Waals surface area (Å²) in [4.78, 5) is 55.7. The Balaban J connectivity index is 1.55. The largest absolute Gasteiger partial charge is 0.465 e. The summed E-state index contributed by atoms with van der Waals surface area (Å²) >= 11 is 1.58. The molecular weight excluding hydrogens is 715 g/mol. The van der Waals surface area contributed by atoms with Gasteiger partial charge >= 0.3 is 6.09 Å². The Kier molecular flexibility index (Phi) is 11.4. The van der Waals surface area contributed by atoms with Gasteiger partial charge in [-0.3, -0.25) is 19.1 Å². The Morgan fingerprint density at radius 2 is 1.65 bits per heavy atom. The summed E-state index contributed by atoms with van der Waals surface area (Å²) in [6.07, 6.45) is -0.775. The number of carboxylic acid groups (broad SMARTS) is 1. The molecule has 5 atom stereocenters. The normalized spacial score (nSPS) is 24.8. The highest BCUT2D eigenvalue weighted by molar-refractivity contribution is 8.00. The first-order valence-electron chi connectivity index (χ1n) is 17.4. The van der Waals surface area contributed by atoms with Gasteiger partial charge in [-0.1, -0.05) is 88.7 Å². The van der Waals surface area contributed by atoms with E-state index in [0.29, 0.717) is 24.7 Å². The minimum atomic E-state index is -4.08. The zero-order chi connectivity index (χ0) is 38.1. The number of rotatable bonds is 14. The fraction of sp³-hybridized carbons (Fsp3) is 0.514. The molecule has 52 heavy (non-hydrogen) atoms. The number of nitrogens with one attached hydrogen (secondary N) is 3. The minimum Gasteiger partial charge on any atom is -0.465 e. The monoisotopic (exact) mass is 760 g/mol. The van der Waals surface area contributed by atoms with Crippen LogP contribution in [0.3, 0.4) is 0 Å². The fourth-order valence-electron chi connectivity index (χ4n) is 6.77. The summed E-state index contributed by atoms with van der Waals surface area (Å²) in [7, 11) is -4.08. The number of carbonyl (C=O) groups is 4. The van der Waals surface area contributed by atoms with Crippen molar-refractivity contribution in [3.05, 3.63) is 72.3 Å². The van der Waals surface area contributed by atoms with Gasteiger partial charge in [-0.2, -0.15) is 8.78 Å². The molecule has 2 aliphatic carbocycles. The molecule has 0 spiro atoms. The van der Waals surface area contributed by atoms with Crippen molar-refractivity contribution in [2.75, 3.05) is 12.3 Å². The number of likely N-dealkylation sites (tertiary alicyclic amines) is 1. The Bertz CT molecular complexity index is 1810. The van der Waals surface area contributed by atoms with E-state index in [-0.39, 0.29) is 19.4 Å². The lowest BCUT2D eigenvalue weighted by Gasteiger charge is -2.35. The summed E-state index contributed by atoms with van der Waals surface area (Å²) in [5.74, 6) is -3.12. The van der Waals surface area contributed by atoms with Crippen LogP contribution in [0.25, 0.3) is 11.1 Å². The number of hydrogen-bond acceptors (Lipinski definition) is 7. The van der Waals surface area contributed by atoms with E-state index in [0.717, 1.165) is 29.5 Å². The van der Waals surface area contributed by atoms with Gasteiger partial charge < -0.3 is 20.6 Å². The highest BCUT2D eigenvalue weighted by atomic mass is 32.2. The molecule has 2 aromatic carbocycles. The number of amides is 4. The molecule has 1 saturated heterocycles. The Morgan fingerprint density at radius 1 is 1.02 bits per heavy atom. The van der Waals surface area contributed by atoms with Gasteiger partial charge in [0.25, 0.3) is 12.0 Å². The van der Waals surface area contributed by atoms with Crippen molar-refractivity contribution < 1.29 is 41.5 Å². The van der Waals surface area contributed by atoms with Gasteiger partial charge in [0.05, 0.1) is 10.00 Å². The lowest BCUT2D eigenvalue weighted by molar-refractivity contribution is -0.142. The molecule has 1 heterocycles. The highest BCUT2D eigenvalue weighted by Gasteiger charge is 2.63. The zero-order valence-corrected chi connectivity index (χ0v) is 31.3. The molecule has 0 aromatic heterocycles. The highest BCUT2D eigenvalue weighted by Crippen LogP contribution is 2.50. The van der Waals surface area contributed by atoms with Crippen LogP contribution in [0.15, 0.2) is 66.8 Å². The van der Waals surface area contributed by atoms with Crippen molar-refractivity contribution in [3.63, 3.8) is 0 Å². The number of hydrogen-bond donors (Lipinski definition) is 4. The molecule has 282 valence electrons. The van der Waals surface area contributed by atoms with E-state index >= 15 is 0 Å². The van der Waals surface area contributed by atoms with E-state index in [2.05, 4.69) is 10.6 Å². The molecule has 0 bridgehead atoms. The summed E-state index contributed by atoms with van der Waals surface area (Å²) in [5, 5.41) is 13.8. The first-order valence-corrected chi connectivity index (χ1v) is 20.0. The van der Waals surface area contributed by atoms with Crippen LogP contribution < -0.4 is 15.4 Å². The zero-order valence-electron chi connectivity index (χ0n) is 29.7. The van der Waals surface area contributed by atoms with Crippen molar-refractivity contribution >= 4 is 45.6 Å². The van der Waals surface area contributed by atoms with Crippen LogP contribution in [-0.2, 0) is 29.2 Å². The van der Waals surface area contributed by atoms with Crippen molar-refractivity contribution in [3.8, 4) is 11.1 Å². The molecule has 4 N–H and O–H groups in total. The molecular formula is C37H46F2N4O7S2. The third-order valence-corrected chi connectivity index (χ3v) is 13.4. The predicted molar refractivity (Wildman–Crippen MR) is 195 cm³/mol. The van der Waals surface area contributed by atoms with Gasteiger partial charge in [0.1, 0.15) is 17.6 Å². The average Bonchev–Trinajstić information content (AvgIpc) is 4.01. The van der Waals surface area contributed by atoms with Crippen molar-refractivity contribution in [1.29, 1.82) is 0 Å². The fourth-order valence-corrected chi connectivity index (χ4v) is 9.77. The van der Waals surface area contributed by atoms with E-state index in [1.54, 1.807) is 32.5 Å². The van der Waals surface area contributed by atoms with E-state index in [4.69, 9.17) is 0 Å². The quantitative estimate of drug-likeness (QED) is 0.180. The van der Waals surface area contributed by atoms with Gasteiger partial charge in [-0.15, -0.1) is 11.8 Å². The smallest absolute Gasteiger partial charge is 0.405 e. The van der Waals surface area contributed by atoms with Gasteiger partial charge in [-0.05, 0) is 66.0 Å². The molecule has 0 unspecified atom stereocenters. The second-order valence-corrected chi connectivity index (χ2v) is 18.4. The van der Waals surface area contributed by atoms with Crippen LogP contribution in [0.4, 0.5) is 13.6 Å². The first-order chi connectivity index (χ1) is 24.4. The molecule has 5 rings (SSSR count). The number of nitrogens with zero attached hydrogens (tertiary/aromatic N) is 1. The second kappa shape index (κ2) is 15.2. The second-order valence-electron chi connectivity index (χ2n) is 15.0. The lowest BCUT2D eigenvalue weighted by Crippen LogP contribution is -2.60. The maximum absolute atomic E-state index is 14.5. The molecule has 4 amide bonds. The van der Waals surface area contributed by atoms with Crippen LogP contribution in [0.1, 0.15) is 71.8 Å². The Hall–Kier alpha value is -3.98. The van der Waals surface area contributed by atoms with Crippen molar-refractivity contribution in [1.82, 2.24) is 20.3 Å². The third kappa shape index (κ3) is 8.62. The summed E-state index contributed by atoms with van der Waals surface area (Å²) in [6, 6.07) is 15.0. The number of unbranched alkanes of at least 4 members (excludes halogenated alkanes) is 1. The van der Waals surface area contributed by atoms with Gasteiger partial charge in [0.2, 0.25) is 21.8 Å². The van der Waals surface area contributed by atoms with Crippen LogP contribution >= 0.6 is 11.8 Å². The van der Waals surface area contributed by atoms with Gasteiger partial charge in [0.15, 0.2) is 0 Å². The van der Waals surface area contributed by atoms with Gasteiger partial charge in [0, 0.05) is 12.5 Å². The molecule has 3 aliphatic rings. The van der Waals surface area contributed by atoms with E-state index in [1.807, 2.05) is 66.2 Å². The number of benzene rings is 2. The third-order valence-electron chi connectivity index (χ3n) is 9.98. The average molecular weight is 761 g/mol. The predicted octanol–water partition coefficient (Wildman–Crippen LogP) is 5.63. The standard InChI is InChI=1S/C37H46F2N4O7S2/c1-5-6-18-51-36(25-14-12-24(13-15-25)23-10-8-7-9-11-23)21-28(43(22-36)32(45)30(35(2,3)4)40-34(47)48)31(44)41-37(20-26(37)19-29(38)39)33(46)42-52(49,50)27-16-17-27/h7-15,19,26-28,30,40H,5-6,16-18,20-22H2,1-4H3,(H,41,44)(H,42,46)(H,47,48)/t26-,28+,30-,36+,37-/m1/s1.